The second-order valence-corrected chi connectivity index (χ2v) is 9.00. The van der Waals surface area contributed by atoms with E-state index >= 15 is 0 Å². The van der Waals surface area contributed by atoms with Crippen LogP contribution in [0.5, 0.6) is 11.5 Å². The van der Waals surface area contributed by atoms with Crippen LogP contribution in [0, 0.1) is 0 Å². The van der Waals surface area contributed by atoms with Gasteiger partial charge in [-0.05, 0) is 49.7 Å². The zero-order chi connectivity index (χ0) is 19.1. The van der Waals surface area contributed by atoms with Crippen molar-refractivity contribution in [2.24, 2.45) is 0 Å². The molecule has 2 aromatic rings. The molecule has 1 saturated heterocycles. The van der Waals surface area contributed by atoms with Crippen LogP contribution in [0.4, 0.5) is 0 Å². The Morgan fingerprint density at radius 3 is 2.67 bits per heavy atom. The number of hydrogen-bond acceptors (Lipinski definition) is 4. The van der Waals surface area contributed by atoms with E-state index in [9.17, 15) is 0 Å². The highest BCUT2D eigenvalue weighted by atomic mass is 79.9. The minimum absolute atomic E-state index is 0.260. The molecule has 0 aromatic heterocycles. The first-order valence-electron chi connectivity index (χ1n) is 9.37. The molecule has 2 aliphatic heterocycles. The largest absolute Gasteiger partial charge is 0.497 e. The summed E-state index contributed by atoms with van der Waals surface area (Å²) in [4.78, 5) is 2.48. The maximum absolute atomic E-state index is 6.47. The Morgan fingerprint density at radius 2 is 1.93 bits per heavy atom. The van der Waals surface area contributed by atoms with Crippen LogP contribution in [0.15, 0.2) is 46.9 Å². The van der Waals surface area contributed by atoms with Gasteiger partial charge in [0.1, 0.15) is 22.7 Å². The Balaban J connectivity index is 1.61. The fraction of sp³-hybridized carbons (Fsp3) is 0.455. The lowest BCUT2D eigenvalue weighted by Gasteiger charge is -2.50. The van der Waals surface area contributed by atoms with Gasteiger partial charge in [-0.3, -0.25) is 4.90 Å². The Hall–Kier alpha value is -1.56. The molecule has 0 N–H and O–H groups in total. The van der Waals surface area contributed by atoms with Crippen LogP contribution in [0.25, 0.3) is 0 Å². The molecule has 1 fully saturated rings. The lowest BCUT2D eigenvalue weighted by atomic mass is 9.79. The number of ether oxygens (including phenoxy) is 3. The lowest BCUT2D eigenvalue weighted by Crippen LogP contribution is -2.55. The minimum Gasteiger partial charge on any atom is -0.497 e. The third-order valence-electron chi connectivity index (χ3n) is 5.36. The standard InChI is InChI=1S/C22H26BrNO3/c1-21(2)14-22(19-12-17(23)6-9-20(19)27-21)15-24(10-11-26-22)13-16-4-7-18(25-3)8-5-16/h4-9,12H,10-11,13-15H2,1-3H3. The summed E-state index contributed by atoms with van der Waals surface area (Å²) in [5.74, 6) is 1.82. The maximum atomic E-state index is 6.47. The van der Waals surface area contributed by atoms with Crippen molar-refractivity contribution in [3.8, 4) is 11.5 Å². The van der Waals surface area contributed by atoms with Crippen molar-refractivity contribution in [2.75, 3.05) is 26.8 Å². The average Bonchev–Trinajstić information content (AvgIpc) is 2.63. The van der Waals surface area contributed by atoms with E-state index in [2.05, 4.69) is 52.9 Å². The van der Waals surface area contributed by atoms with Gasteiger partial charge < -0.3 is 14.2 Å². The van der Waals surface area contributed by atoms with Gasteiger partial charge in [-0.25, -0.2) is 0 Å². The van der Waals surface area contributed by atoms with Crippen LogP contribution < -0.4 is 9.47 Å². The summed E-state index contributed by atoms with van der Waals surface area (Å²) in [6.07, 6.45) is 0.836. The van der Waals surface area contributed by atoms with Crippen LogP contribution in [-0.4, -0.2) is 37.3 Å². The fourth-order valence-corrected chi connectivity index (χ4v) is 4.67. The zero-order valence-electron chi connectivity index (χ0n) is 16.1. The molecule has 0 bridgehead atoms. The van der Waals surface area contributed by atoms with Crippen LogP contribution in [0.1, 0.15) is 31.4 Å². The van der Waals surface area contributed by atoms with E-state index in [-0.39, 0.29) is 11.2 Å². The van der Waals surface area contributed by atoms with E-state index in [0.29, 0.717) is 0 Å². The second-order valence-electron chi connectivity index (χ2n) is 8.08. The first-order chi connectivity index (χ1) is 12.9. The molecule has 1 atom stereocenters. The molecule has 5 heteroatoms. The molecule has 27 heavy (non-hydrogen) atoms. The van der Waals surface area contributed by atoms with E-state index in [4.69, 9.17) is 14.2 Å². The van der Waals surface area contributed by atoms with Crippen molar-refractivity contribution >= 4 is 15.9 Å². The Kier molecular flexibility index (Phi) is 4.95. The van der Waals surface area contributed by atoms with Crippen molar-refractivity contribution in [3.63, 3.8) is 0 Å². The third kappa shape index (κ3) is 3.86. The molecule has 0 aliphatic carbocycles. The number of halogens is 1. The van der Waals surface area contributed by atoms with Crippen molar-refractivity contribution in [1.82, 2.24) is 4.90 Å². The molecule has 1 unspecified atom stereocenters. The number of benzene rings is 2. The topological polar surface area (TPSA) is 30.9 Å². The van der Waals surface area contributed by atoms with Gasteiger partial charge in [-0.15, -0.1) is 0 Å². The Morgan fingerprint density at radius 1 is 1.15 bits per heavy atom. The lowest BCUT2D eigenvalue weighted by molar-refractivity contribution is -0.157. The van der Waals surface area contributed by atoms with Crippen LogP contribution in [-0.2, 0) is 16.9 Å². The van der Waals surface area contributed by atoms with E-state index < -0.39 is 0 Å². The fourth-order valence-electron chi connectivity index (χ4n) is 4.31. The zero-order valence-corrected chi connectivity index (χ0v) is 17.7. The summed E-state index contributed by atoms with van der Waals surface area (Å²) < 4.78 is 19.0. The number of hydrogen-bond donors (Lipinski definition) is 0. The molecule has 2 aliphatic rings. The predicted molar refractivity (Wildman–Crippen MR) is 109 cm³/mol. The molecule has 144 valence electrons. The van der Waals surface area contributed by atoms with Gasteiger partial charge in [0.25, 0.3) is 0 Å². The van der Waals surface area contributed by atoms with Crippen LogP contribution >= 0.6 is 15.9 Å². The number of nitrogens with zero attached hydrogens (tertiary/aromatic N) is 1. The third-order valence-corrected chi connectivity index (χ3v) is 5.85. The Bertz CT molecular complexity index is 821. The Labute approximate surface area is 169 Å². The summed E-state index contributed by atoms with van der Waals surface area (Å²) >= 11 is 3.61. The molecular formula is C22H26BrNO3. The van der Waals surface area contributed by atoms with Gasteiger partial charge in [-0.2, -0.15) is 0 Å². The van der Waals surface area contributed by atoms with Gasteiger partial charge in [0.2, 0.25) is 0 Å². The molecule has 2 heterocycles. The average molecular weight is 432 g/mol. The highest BCUT2D eigenvalue weighted by Crippen LogP contribution is 2.48. The molecular weight excluding hydrogens is 406 g/mol. The number of morpholine rings is 1. The SMILES string of the molecule is COc1ccc(CN2CCOC3(C2)CC(C)(C)Oc2ccc(Br)cc23)cc1. The molecule has 0 saturated carbocycles. The summed E-state index contributed by atoms with van der Waals surface area (Å²) in [5.41, 5.74) is 1.83. The van der Waals surface area contributed by atoms with Gasteiger partial charge >= 0.3 is 0 Å². The smallest absolute Gasteiger partial charge is 0.126 e. The number of fused-ring (bicyclic) bond motifs is 2. The highest BCUT2D eigenvalue weighted by Gasteiger charge is 2.48. The van der Waals surface area contributed by atoms with E-state index in [0.717, 1.165) is 54.2 Å². The van der Waals surface area contributed by atoms with Crippen molar-refractivity contribution in [3.05, 3.63) is 58.1 Å². The minimum atomic E-state index is -0.342. The van der Waals surface area contributed by atoms with E-state index in [1.165, 1.54) is 5.56 Å². The second kappa shape index (κ2) is 7.12. The normalized spacial score (nSPS) is 24.3. The van der Waals surface area contributed by atoms with Crippen molar-refractivity contribution in [2.45, 2.75) is 38.0 Å². The van der Waals surface area contributed by atoms with Crippen LogP contribution in [0.3, 0.4) is 0 Å². The highest BCUT2D eigenvalue weighted by molar-refractivity contribution is 9.10. The number of methoxy groups -OCH3 is 1. The summed E-state index contributed by atoms with van der Waals surface area (Å²) in [5, 5.41) is 0. The summed E-state index contributed by atoms with van der Waals surface area (Å²) in [7, 11) is 1.70. The van der Waals surface area contributed by atoms with Gasteiger partial charge in [0.05, 0.1) is 13.7 Å². The molecule has 4 rings (SSSR count). The quantitative estimate of drug-likeness (QED) is 0.701. The van der Waals surface area contributed by atoms with Gasteiger partial charge in [0.15, 0.2) is 0 Å². The molecule has 0 radical (unpaired) electrons. The first kappa shape index (κ1) is 18.8. The van der Waals surface area contributed by atoms with Gasteiger partial charge in [0, 0.05) is 36.1 Å². The maximum Gasteiger partial charge on any atom is 0.126 e. The first-order valence-corrected chi connectivity index (χ1v) is 10.2. The molecule has 0 amide bonds. The van der Waals surface area contributed by atoms with Gasteiger partial charge in [-0.1, -0.05) is 28.1 Å². The summed E-state index contributed by atoms with van der Waals surface area (Å²) in [6, 6.07) is 14.6. The monoisotopic (exact) mass is 431 g/mol. The van der Waals surface area contributed by atoms with E-state index in [1.54, 1.807) is 7.11 Å². The predicted octanol–water partition coefficient (Wildman–Crippen LogP) is 4.75. The molecule has 2 aromatic carbocycles. The summed E-state index contributed by atoms with van der Waals surface area (Å²) in [6.45, 7) is 7.70. The van der Waals surface area contributed by atoms with Crippen molar-refractivity contribution in [1.29, 1.82) is 0 Å². The van der Waals surface area contributed by atoms with Crippen LogP contribution in [0.2, 0.25) is 0 Å². The van der Waals surface area contributed by atoms with E-state index in [1.807, 2.05) is 24.3 Å². The van der Waals surface area contributed by atoms with Crippen molar-refractivity contribution < 1.29 is 14.2 Å². The molecule has 1 spiro atoms. The molecule has 4 nitrogen and oxygen atoms in total. The number of rotatable bonds is 3.